The molecule has 5 heterocycles. The third-order valence-corrected chi connectivity index (χ3v) is 11.0. The molecule has 1 atom stereocenters. The van der Waals surface area contributed by atoms with Gasteiger partial charge in [0.2, 0.25) is 5.91 Å². The van der Waals surface area contributed by atoms with E-state index in [0.29, 0.717) is 29.7 Å². The van der Waals surface area contributed by atoms with Crippen LogP contribution in [0.3, 0.4) is 0 Å². The first-order chi connectivity index (χ1) is 27.5. The number of nitrogens with zero attached hydrogens (tertiary/aromatic N) is 5. The summed E-state index contributed by atoms with van der Waals surface area (Å²) in [6, 6.07) is 36.0. The van der Waals surface area contributed by atoms with Gasteiger partial charge in [0.25, 0.3) is 6.29 Å². The number of fused-ring (bicyclic) bond motifs is 2. The van der Waals surface area contributed by atoms with Gasteiger partial charge in [0, 0.05) is 23.6 Å². The van der Waals surface area contributed by atoms with Crippen LogP contribution in [0.25, 0.3) is 39.5 Å². The summed E-state index contributed by atoms with van der Waals surface area (Å²) >= 11 is 0. The van der Waals surface area contributed by atoms with Crippen molar-refractivity contribution in [3.05, 3.63) is 162 Å². The predicted molar refractivity (Wildman–Crippen MR) is 211 cm³/mol. The van der Waals surface area contributed by atoms with Crippen molar-refractivity contribution < 1.29 is 19.0 Å². The second-order valence-electron chi connectivity index (χ2n) is 14.4. The van der Waals surface area contributed by atoms with E-state index in [1.807, 2.05) is 91.0 Å². The van der Waals surface area contributed by atoms with Crippen molar-refractivity contribution in [1.29, 1.82) is 0 Å². The lowest BCUT2D eigenvalue weighted by atomic mass is 9.95. The summed E-state index contributed by atoms with van der Waals surface area (Å²) in [5.41, 5.74) is 15.3. The molecular weight excluding hydrogens is 703 g/mol. The quantitative estimate of drug-likeness (QED) is 0.143. The van der Waals surface area contributed by atoms with Crippen LogP contribution >= 0.6 is 0 Å². The van der Waals surface area contributed by atoms with E-state index >= 15 is 0 Å². The van der Waals surface area contributed by atoms with Crippen molar-refractivity contribution >= 4 is 22.9 Å². The summed E-state index contributed by atoms with van der Waals surface area (Å²) in [7, 11) is 0. The number of rotatable bonds is 10. The first kappa shape index (κ1) is 33.6. The van der Waals surface area contributed by atoms with Crippen LogP contribution in [0.2, 0.25) is 0 Å². The molecule has 11 nitrogen and oxygen atoms in total. The minimum Gasteiger partial charge on any atom is -0.487 e. The van der Waals surface area contributed by atoms with Gasteiger partial charge in [-0.3, -0.25) is 9.36 Å². The van der Waals surface area contributed by atoms with Gasteiger partial charge in [-0.05, 0) is 90.4 Å². The summed E-state index contributed by atoms with van der Waals surface area (Å²) in [5.74, 6) is 1.58. The molecule has 11 heteroatoms. The first-order valence-corrected chi connectivity index (χ1v) is 18.8. The highest BCUT2D eigenvalue weighted by Gasteiger charge is 2.52. The fourth-order valence-corrected chi connectivity index (χ4v) is 7.83. The molecule has 0 bridgehead atoms. The molecule has 0 unspecified atom stereocenters. The number of anilines is 1. The number of nitrogen functional groups attached to an aromatic ring is 1. The Labute approximate surface area is 322 Å². The second-order valence-corrected chi connectivity index (χ2v) is 14.4. The SMILES string of the molecule is Nc1ncccc1-c1nc2ccc(-c3ccccc3)nc2n1-c1ccc2c(c1)CC[C@@H]2NC(=O)C1(c2cnc(C3OC=CO3)c(OCc3ccccc3)c2)CC1. The highest BCUT2D eigenvalue weighted by Crippen LogP contribution is 2.50. The molecular formula is C45H37N7O4. The third-order valence-electron chi connectivity index (χ3n) is 11.0. The third kappa shape index (κ3) is 5.97. The summed E-state index contributed by atoms with van der Waals surface area (Å²) < 4.78 is 19.6. The van der Waals surface area contributed by atoms with Crippen molar-refractivity contribution in [2.45, 2.75) is 50.0 Å². The molecule has 1 saturated carbocycles. The molecule has 7 aromatic rings. The number of nitrogens with two attached hydrogens (primary N) is 1. The van der Waals surface area contributed by atoms with Gasteiger partial charge in [0.05, 0.1) is 22.7 Å². The summed E-state index contributed by atoms with van der Waals surface area (Å²) in [4.78, 5) is 33.4. The molecule has 0 spiro atoms. The molecule has 1 aliphatic heterocycles. The zero-order chi connectivity index (χ0) is 37.6. The van der Waals surface area contributed by atoms with Gasteiger partial charge < -0.3 is 25.3 Å². The number of imidazole rings is 1. The molecule has 0 saturated heterocycles. The lowest BCUT2D eigenvalue weighted by Crippen LogP contribution is -2.36. The maximum absolute atomic E-state index is 14.2. The van der Waals surface area contributed by atoms with Crippen LogP contribution in [-0.4, -0.2) is 30.4 Å². The molecule has 1 fully saturated rings. The molecule has 4 aromatic heterocycles. The summed E-state index contributed by atoms with van der Waals surface area (Å²) in [6.45, 7) is 0.343. The Balaban J connectivity index is 0.946. The average molecular weight is 740 g/mol. The zero-order valence-corrected chi connectivity index (χ0v) is 30.3. The van der Waals surface area contributed by atoms with Crippen molar-refractivity contribution in [2.75, 3.05) is 5.73 Å². The van der Waals surface area contributed by atoms with Crippen LogP contribution in [0.4, 0.5) is 5.82 Å². The minimum absolute atomic E-state index is 0.00870. The fraction of sp³-hybridized carbons (Fsp3) is 0.178. The number of nitrogens with one attached hydrogen (secondary N) is 1. The molecule has 3 aromatic carbocycles. The van der Waals surface area contributed by atoms with Gasteiger partial charge in [-0.15, -0.1) is 0 Å². The van der Waals surface area contributed by atoms with E-state index in [1.54, 1.807) is 12.4 Å². The molecule has 10 rings (SSSR count). The Hall–Kier alpha value is -7.01. The van der Waals surface area contributed by atoms with E-state index in [2.05, 4.69) is 33.1 Å². The monoisotopic (exact) mass is 739 g/mol. The lowest BCUT2D eigenvalue weighted by Gasteiger charge is -2.22. The van der Waals surface area contributed by atoms with Gasteiger partial charge >= 0.3 is 0 Å². The van der Waals surface area contributed by atoms with E-state index in [9.17, 15) is 4.79 Å². The van der Waals surface area contributed by atoms with E-state index in [4.69, 9.17) is 34.9 Å². The van der Waals surface area contributed by atoms with Gasteiger partial charge in [-0.2, -0.15) is 0 Å². The molecule has 56 heavy (non-hydrogen) atoms. The van der Waals surface area contributed by atoms with E-state index in [0.717, 1.165) is 81.6 Å². The number of benzene rings is 3. The number of aryl methyl sites for hydroxylation is 1. The Kier molecular flexibility index (Phi) is 8.20. The van der Waals surface area contributed by atoms with Crippen molar-refractivity contribution in [3.8, 4) is 34.1 Å². The smallest absolute Gasteiger partial charge is 0.286 e. The normalized spacial score (nSPS) is 16.6. The topological polar surface area (TPSA) is 139 Å². The zero-order valence-electron chi connectivity index (χ0n) is 30.3. The van der Waals surface area contributed by atoms with Gasteiger partial charge in [-0.1, -0.05) is 66.7 Å². The Morgan fingerprint density at radius 2 is 1.70 bits per heavy atom. The predicted octanol–water partition coefficient (Wildman–Crippen LogP) is 8.06. The number of hydrogen-bond donors (Lipinski definition) is 2. The highest BCUT2D eigenvalue weighted by atomic mass is 16.7. The maximum Gasteiger partial charge on any atom is 0.286 e. The number of carbonyl (C=O) groups excluding carboxylic acids is 1. The van der Waals surface area contributed by atoms with Gasteiger partial charge in [0.1, 0.15) is 36.2 Å². The van der Waals surface area contributed by atoms with Crippen LogP contribution in [0.1, 0.15) is 59.5 Å². The van der Waals surface area contributed by atoms with Gasteiger partial charge in [0.15, 0.2) is 17.2 Å². The van der Waals surface area contributed by atoms with E-state index in [-0.39, 0.29) is 11.9 Å². The molecule has 0 radical (unpaired) electrons. The van der Waals surface area contributed by atoms with Gasteiger partial charge in [-0.25, -0.2) is 19.9 Å². The van der Waals surface area contributed by atoms with Crippen molar-refractivity contribution in [3.63, 3.8) is 0 Å². The first-order valence-electron chi connectivity index (χ1n) is 18.8. The lowest BCUT2D eigenvalue weighted by molar-refractivity contribution is -0.124. The van der Waals surface area contributed by atoms with Crippen LogP contribution in [0.15, 0.2) is 134 Å². The minimum atomic E-state index is -0.710. The number of pyridine rings is 3. The molecule has 1 amide bonds. The highest BCUT2D eigenvalue weighted by molar-refractivity contribution is 5.92. The molecule has 3 aliphatic rings. The summed E-state index contributed by atoms with van der Waals surface area (Å²) in [5, 5.41) is 3.41. The number of aromatic nitrogens is 5. The molecule has 3 N–H and O–H groups in total. The van der Waals surface area contributed by atoms with E-state index < -0.39 is 11.7 Å². The average Bonchev–Trinajstić information content (AvgIpc) is 3.51. The molecule has 2 aliphatic carbocycles. The van der Waals surface area contributed by atoms with Crippen LogP contribution < -0.4 is 15.8 Å². The fourth-order valence-electron chi connectivity index (χ4n) is 7.83. The van der Waals surface area contributed by atoms with Crippen molar-refractivity contribution in [1.82, 2.24) is 29.8 Å². The standard InChI is InChI=1S/C45H37N7O4/c46-40-34(12-7-21-47-40)41-50-37-18-17-35(29-10-5-2-6-11-29)49-42(37)52(41)32-14-15-33-30(24-32)13-16-36(33)51-44(53)45(19-20-45)31-25-38(56-27-28-8-3-1-4-9-28)39(48-26-31)43-54-22-23-55-43/h1-12,14-15,17-18,21-26,36,43H,13,16,19-20,27H2,(H2,46,47)(H,51,53)/t36-/m0/s1. The number of hydrogen-bond acceptors (Lipinski definition) is 9. The number of ether oxygens (including phenoxy) is 3. The Morgan fingerprint density at radius 1 is 0.893 bits per heavy atom. The largest absolute Gasteiger partial charge is 0.487 e. The second kappa shape index (κ2) is 13.7. The van der Waals surface area contributed by atoms with Crippen LogP contribution in [-0.2, 0) is 32.7 Å². The maximum atomic E-state index is 14.2. The van der Waals surface area contributed by atoms with Crippen LogP contribution in [0, 0.1) is 0 Å². The molecule has 276 valence electrons. The summed E-state index contributed by atoms with van der Waals surface area (Å²) in [6.07, 6.45) is 8.75. The van der Waals surface area contributed by atoms with Crippen molar-refractivity contribution in [2.24, 2.45) is 0 Å². The number of amides is 1. The number of carbonyl (C=O) groups is 1. The Morgan fingerprint density at radius 3 is 2.48 bits per heavy atom. The Bertz CT molecular complexity index is 2630. The van der Waals surface area contributed by atoms with Crippen LogP contribution in [0.5, 0.6) is 5.75 Å². The van der Waals surface area contributed by atoms with E-state index in [1.165, 1.54) is 12.5 Å².